The number of carbonyl (C=O) groups excluding carboxylic acids is 1. The van der Waals surface area contributed by atoms with E-state index in [2.05, 4.69) is 41.1 Å². The number of amides is 1. The standard InChI is InChI=1S/C25H33N3O2/c1-20-6-2-3-8-23(20)19-27-13-10-21(11-14-27)17-28(18-22-7-4-12-26-16-22)25(29)24-9-5-15-30-24/h2-4,6-8,12,16,21,24H,5,9-11,13-15,17-19H2,1H3. The highest BCUT2D eigenvalue weighted by molar-refractivity contribution is 5.81. The summed E-state index contributed by atoms with van der Waals surface area (Å²) in [4.78, 5) is 21.9. The molecule has 30 heavy (non-hydrogen) atoms. The number of pyridine rings is 1. The fourth-order valence-corrected chi connectivity index (χ4v) is 4.59. The SMILES string of the molecule is Cc1ccccc1CN1CCC(CN(Cc2cccnc2)C(=O)C2CCCO2)CC1. The predicted molar refractivity (Wildman–Crippen MR) is 118 cm³/mol. The van der Waals surface area contributed by atoms with Crippen molar-refractivity contribution in [1.29, 1.82) is 0 Å². The molecule has 3 heterocycles. The molecule has 0 radical (unpaired) electrons. The van der Waals surface area contributed by atoms with Crippen LogP contribution in [0.15, 0.2) is 48.8 Å². The second-order valence-corrected chi connectivity index (χ2v) is 8.73. The van der Waals surface area contributed by atoms with Gasteiger partial charge in [-0.25, -0.2) is 0 Å². The van der Waals surface area contributed by atoms with Crippen LogP contribution < -0.4 is 0 Å². The van der Waals surface area contributed by atoms with Gasteiger partial charge in [-0.15, -0.1) is 0 Å². The Morgan fingerprint density at radius 1 is 1.17 bits per heavy atom. The van der Waals surface area contributed by atoms with E-state index < -0.39 is 0 Å². The number of rotatable bonds is 7. The largest absolute Gasteiger partial charge is 0.368 e. The van der Waals surface area contributed by atoms with E-state index in [1.165, 1.54) is 11.1 Å². The lowest BCUT2D eigenvalue weighted by Gasteiger charge is -2.35. The van der Waals surface area contributed by atoms with Gasteiger partial charge in [0.15, 0.2) is 0 Å². The van der Waals surface area contributed by atoms with E-state index in [-0.39, 0.29) is 12.0 Å². The second-order valence-electron chi connectivity index (χ2n) is 8.73. The molecule has 2 aliphatic rings. The molecule has 2 saturated heterocycles. The van der Waals surface area contributed by atoms with Gasteiger partial charge in [-0.05, 0) is 74.4 Å². The van der Waals surface area contributed by atoms with Crippen molar-refractivity contribution in [3.05, 3.63) is 65.5 Å². The van der Waals surface area contributed by atoms with Crippen molar-refractivity contribution >= 4 is 5.91 Å². The summed E-state index contributed by atoms with van der Waals surface area (Å²) >= 11 is 0. The first kappa shape index (κ1) is 21.0. The Balaban J connectivity index is 1.34. The van der Waals surface area contributed by atoms with Crippen LogP contribution in [0.25, 0.3) is 0 Å². The highest BCUT2D eigenvalue weighted by atomic mass is 16.5. The molecule has 1 aromatic carbocycles. The molecule has 0 saturated carbocycles. The van der Waals surface area contributed by atoms with Gasteiger partial charge >= 0.3 is 0 Å². The van der Waals surface area contributed by atoms with Gasteiger partial charge in [0.25, 0.3) is 5.91 Å². The first-order chi connectivity index (χ1) is 14.7. The van der Waals surface area contributed by atoms with Crippen LogP contribution in [0.2, 0.25) is 0 Å². The number of hydrogen-bond donors (Lipinski definition) is 0. The minimum atomic E-state index is -0.261. The van der Waals surface area contributed by atoms with Crippen molar-refractivity contribution in [2.24, 2.45) is 5.92 Å². The van der Waals surface area contributed by atoms with Crippen molar-refractivity contribution in [3.8, 4) is 0 Å². The Morgan fingerprint density at radius 3 is 2.70 bits per heavy atom. The molecule has 0 spiro atoms. The summed E-state index contributed by atoms with van der Waals surface area (Å²) in [5, 5.41) is 0. The molecule has 1 amide bonds. The Labute approximate surface area is 180 Å². The molecule has 2 aromatic rings. The molecule has 5 heteroatoms. The average Bonchev–Trinajstić information content (AvgIpc) is 3.31. The first-order valence-electron chi connectivity index (χ1n) is 11.2. The third kappa shape index (κ3) is 5.46. The highest BCUT2D eigenvalue weighted by Gasteiger charge is 2.31. The molecule has 0 N–H and O–H groups in total. The van der Waals surface area contributed by atoms with Crippen LogP contribution in [0.3, 0.4) is 0 Å². The summed E-state index contributed by atoms with van der Waals surface area (Å²) in [6.45, 7) is 7.53. The number of hydrogen-bond acceptors (Lipinski definition) is 4. The second kappa shape index (κ2) is 10.2. The first-order valence-corrected chi connectivity index (χ1v) is 11.2. The zero-order chi connectivity index (χ0) is 20.8. The van der Waals surface area contributed by atoms with Crippen LogP contribution in [0, 0.1) is 12.8 Å². The van der Waals surface area contributed by atoms with Crippen molar-refractivity contribution in [2.45, 2.75) is 51.8 Å². The average molecular weight is 408 g/mol. The Morgan fingerprint density at radius 2 is 2.00 bits per heavy atom. The number of piperidine rings is 1. The van der Waals surface area contributed by atoms with E-state index in [9.17, 15) is 4.79 Å². The van der Waals surface area contributed by atoms with Crippen molar-refractivity contribution < 1.29 is 9.53 Å². The number of benzene rings is 1. The maximum absolute atomic E-state index is 13.1. The zero-order valence-corrected chi connectivity index (χ0v) is 18.0. The maximum Gasteiger partial charge on any atom is 0.252 e. The Hall–Kier alpha value is -2.24. The molecule has 1 atom stereocenters. The highest BCUT2D eigenvalue weighted by Crippen LogP contribution is 2.24. The van der Waals surface area contributed by atoms with E-state index in [1.54, 1.807) is 6.20 Å². The zero-order valence-electron chi connectivity index (χ0n) is 18.0. The van der Waals surface area contributed by atoms with Gasteiger partial charge in [-0.1, -0.05) is 30.3 Å². The summed E-state index contributed by atoms with van der Waals surface area (Å²) in [6, 6.07) is 12.6. The normalized spacial score (nSPS) is 20.4. The molecule has 5 nitrogen and oxygen atoms in total. The molecule has 2 aliphatic heterocycles. The van der Waals surface area contributed by atoms with Crippen LogP contribution in [-0.4, -0.2) is 53.0 Å². The molecule has 0 bridgehead atoms. The summed E-state index contributed by atoms with van der Waals surface area (Å²) in [7, 11) is 0. The van der Waals surface area contributed by atoms with E-state index in [0.717, 1.165) is 57.4 Å². The van der Waals surface area contributed by atoms with Gasteiger partial charge in [0, 0.05) is 38.6 Å². The van der Waals surface area contributed by atoms with Gasteiger partial charge in [0.1, 0.15) is 6.10 Å². The molecule has 2 fully saturated rings. The number of nitrogens with zero attached hydrogens (tertiary/aromatic N) is 3. The number of likely N-dealkylation sites (tertiary alicyclic amines) is 1. The molecular weight excluding hydrogens is 374 g/mol. The van der Waals surface area contributed by atoms with E-state index >= 15 is 0 Å². The number of aromatic nitrogens is 1. The summed E-state index contributed by atoms with van der Waals surface area (Å²) in [6.07, 6.45) is 7.47. The van der Waals surface area contributed by atoms with E-state index in [4.69, 9.17) is 4.74 Å². The Bertz CT molecular complexity index is 812. The van der Waals surface area contributed by atoms with Crippen LogP contribution >= 0.6 is 0 Å². The smallest absolute Gasteiger partial charge is 0.252 e. The molecule has 160 valence electrons. The molecule has 0 aliphatic carbocycles. The quantitative estimate of drug-likeness (QED) is 0.700. The lowest BCUT2D eigenvalue weighted by Crippen LogP contribution is -2.44. The van der Waals surface area contributed by atoms with Crippen molar-refractivity contribution in [3.63, 3.8) is 0 Å². The van der Waals surface area contributed by atoms with Crippen LogP contribution in [0.1, 0.15) is 42.4 Å². The third-order valence-electron chi connectivity index (χ3n) is 6.45. The minimum absolute atomic E-state index is 0.152. The van der Waals surface area contributed by atoms with Gasteiger partial charge in [0.05, 0.1) is 0 Å². The van der Waals surface area contributed by atoms with Gasteiger partial charge in [-0.3, -0.25) is 14.7 Å². The molecule has 4 rings (SSSR count). The number of aryl methyl sites for hydroxylation is 1. The monoisotopic (exact) mass is 407 g/mol. The predicted octanol–water partition coefficient (Wildman–Crippen LogP) is 3.81. The topological polar surface area (TPSA) is 45.7 Å². The minimum Gasteiger partial charge on any atom is -0.368 e. The van der Waals surface area contributed by atoms with Crippen LogP contribution in [-0.2, 0) is 22.6 Å². The molecule has 1 unspecified atom stereocenters. The summed E-state index contributed by atoms with van der Waals surface area (Å²) in [5.74, 6) is 0.693. The van der Waals surface area contributed by atoms with Crippen molar-refractivity contribution in [1.82, 2.24) is 14.8 Å². The number of ether oxygens (including phenoxy) is 1. The fourth-order valence-electron chi connectivity index (χ4n) is 4.59. The number of carbonyl (C=O) groups is 1. The Kier molecular flexibility index (Phi) is 7.13. The van der Waals surface area contributed by atoms with Gasteiger partial charge in [-0.2, -0.15) is 0 Å². The molecule has 1 aromatic heterocycles. The van der Waals surface area contributed by atoms with E-state index in [1.807, 2.05) is 23.2 Å². The van der Waals surface area contributed by atoms with Crippen molar-refractivity contribution in [2.75, 3.05) is 26.2 Å². The molecular formula is C25H33N3O2. The van der Waals surface area contributed by atoms with E-state index in [0.29, 0.717) is 19.1 Å². The fraction of sp³-hybridized carbons (Fsp3) is 0.520. The van der Waals surface area contributed by atoms with Gasteiger partial charge in [0.2, 0.25) is 0 Å². The third-order valence-corrected chi connectivity index (χ3v) is 6.45. The lowest BCUT2D eigenvalue weighted by molar-refractivity contribution is -0.142. The van der Waals surface area contributed by atoms with Crippen LogP contribution in [0.5, 0.6) is 0 Å². The summed E-state index contributed by atoms with van der Waals surface area (Å²) < 4.78 is 5.70. The van der Waals surface area contributed by atoms with Crippen LogP contribution in [0.4, 0.5) is 0 Å². The maximum atomic E-state index is 13.1. The lowest BCUT2D eigenvalue weighted by atomic mass is 9.95. The summed E-state index contributed by atoms with van der Waals surface area (Å²) in [5.41, 5.74) is 3.87. The van der Waals surface area contributed by atoms with Gasteiger partial charge < -0.3 is 9.64 Å².